The van der Waals surface area contributed by atoms with Crippen molar-refractivity contribution in [2.75, 3.05) is 0 Å². The van der Waals surface area contributed by atoms with Gasteiger partial charge in [-0.05, 0) is 18.2 Å². The second-order valence-corrected chi connectivity index (χ2v) is 4.17. The number of hydrogen-bond donors (Lipinski definition) is 0. The molecule has 1 aliphatic carbocycles. The Morgan fingerprint density at radius 1 is 0.941 bits per heavy atom. The van der Waals surface area contributed by atoms with Gasteiger partial charge in [0.25, 0.3) is 0 Å². The lowest BCUT2D eigenvalue weighted by molar-refractivity contribution is 0.668. The van der Waals surface area contributed by atoms with Gasteiger partial charge in [-0.3, -0.25) is 0 Å². The highest BCUT2D eigenvalue weighted by atomic mass is 16.3. The zero-order valence-corrected chi connectivity index (χ0v) is 9.10. The largest absolute Gasteiger partial charge is 0.445 e. The van der Waals surface area contributed by atoms with Crippen LogP contribution in [0.5, 0.6) is 0 Å². The second-order valence-electron chi connectivity index (χ2n) is 4.17. The molecular weight excluding hydrogens is 208 g/mol. The minimum Gasteiger partial charge on any atom is -0.445 e. The summed E-state index contributed by atoms with van der Waals surface area (Å²) in [6, 6.07) is 12.3. The molecule has 0 bridgehead atoms. The van der Waals surface area contributed by atoms with Gasteiger partial charge in [-0.2, -0.15) is 0 Å². The van der Waals surface area contributed by atoms with E-state index in [1.165, 1.54) is 10.6 Å². The van der Waals surface area contributed by atoms with Crippen LogP contribution in [0.3, 0.4) is 0 Å². The van der Waals surface area contributed by atoms with Crippen molar-refractivity contribution in [3.63, 3.8) is 0 Å². The van der Waals surface area contributed by atoms with Crippen molar-refractivity contribution in [1.82, 2.24) is 0 Å². The first-order valence-corrected chi connectivity index (χ1v) is 5.64. The van der Waals surface area contributed by atoms with Crippen molar-refractivity contribution in [3.8, 4) is 0 Å². The maximum atomic E-state index is 5.84. The van der Waals surface area contributed by atoms with Crippen molar-refractivity contribution in [1.29, 1.82) is 0 Å². The highest BCUT2D eigenvalue weighted by molar-refractivity contribution is 6.05. The summed E-state index contributed by atoms with van der Waals surface area (Å²) in [4.78, 5) is 0. The van der Waals surface area contributed by atoms with E-state index in [2.05, 4.69) is 24.3 Å². The first-order chi connectivity index (χ1) is 8.43. The molecule has 1 heteroatoms. The number of hydrogen-bond acceptors (Lipinski definition) is 1. The lowest BCUT2D eigenvalue weighted by Gasteiger charge is -1.88. The average molecular weight is 217 g/mol. The minimum atomic E-state index is 0.932. The summed E-state index contributed by atoms with van der Waals surface area (Å²) in [6.07, 6.45) is 9.37. The Morgan fingerprint density at radius 3 is 2.88 bits per heavy atom. The van der Waals surface area contributed by atoms with Gasteiger partial charge in [-0.1, -0.05) is 12.1 Å². The van der Waals surface area contributed by atoms with E-state index in [0.29, 0.717) is 0 Å². The van der Waals surface area contributed by atoms with Crippen LogP contribution in [0.4, 0.5) is 0 Å². The molecule has 3 aromatic rings. The molecule has 2 aromatic carbocycles. The normalized spacial score (nSPS) is 12.9. The molecular formula is C16H9O+. The van der Waals surface area contributed by atoms with Crippen molar-refractivity contribution in [3.05, 3.63) is 59.0 Å². The van der Waals surface area contributed by atoms with Gasteiger partial charge in [0, 0.05) is 24.3 Å². The van der Waals surface area contributed by atoms with Crippen LogP contribution in [-0.4, -0.2) is 0 Å². The van der Waals surface area contributed by atoms with E-state index in [4.69, 9.17) is 4.42 Å². The van der Waals surface area contributed by atoms with E-state index in [1.54, 1.807) is 0 Å². The predicted octanol–water partition coefficient (Wildman–Crippen LogP) is 2.59. The van der Waals surface area contributed by atoms with Gasteiger partial charge < -0.3 is 4.42 Å². The number of benzene rings is 2. The van der Waals surface area contributed by atoms with Gasteiger partial charge in [0.2, 0.25) is 0 Å². The molecule has 0 aliphatic heterocycles. The molecule has 78 valence electrons. The van der Waals surface area contributed by atoms with Gasteiger partial charge in [0.1, 0.15) is 11.0 Å². The lowest BCUT2D eigenvalue weighted by atomic mass is 10.1. The summed E-state index contributed by atoms with van der Waals surface area (Å²) >= 11 is 0. The monoisotopic (exact) mass is 217 g/mol. The number of fused-ring (bicyclic) bond motifs is 5. The Morgan fingerprint density at radius 2 is 1.88 bits per heavy atom. The van der Waals surface area contributed by atoms with Gasteiger partial charge >= 0.3 is 0 Å². The van der Waals surface area contributed by atoms with Crippen molar-refractivity contribution < 1.29 is 4.42 Å². The molecule has 0 saturated carbocycles. The van der Waals surface area contributed by atoms with E-state index < -0.39 is 0 Å². The third-order valence-electron chi connectivity index (χ3n) is 3.18. The summed E-state index contributed by atoms with van der Waals surface area (Å²) in [5.41, 5.74) is 1.87. The topological polar surface area (TPSA) is 13.1 Å². The van der Waals surface area contributed by atoms with Crippen LogP contribution >= 0.6 is 0 Å². The molecule has 17 heavy (non-hydrogen) atoms. The summed E-state index contributed by atoms with van der Waals surface area (Å²) in [7, 11) is 0. The fourth-order valence-corrected chi connectivity index (χ4v) is 2.41. The van der Waals surface area contributed by atoms with Crippen LogP contribution < -0.4 is 10.4 Å². The Bertz CT molecular complexity index is 879. The highest BCUT2D eigenvalue weighted by Gasteiger charge is 2.14. The number of allylic oxidation sites excluding steroid dienone is 2. The summed E-state index contributed by atoms with van der Waals surface area (Å²) in [5, 5.41) is 4.66. The van der Waals surface area contributed by atoms with Crippen molar-refractivity contribution in [2.45, 2.75) is 0 Å². The fraction of sp³-hybridized carbons (Fsp3) is 0. The first-order valence-electron chi connectivity index (χ1n) is 5.64. The summed E-state index contributed by atoms with van der Waals surface area (Å²) in [6.45, 7) is 0. The summed E-state index contributed by atoms with van der Waals surface area (Å²) < 4.78 is 5.84. The van der Waals surface area contributed by atoms with Crippen LogP contribution in [0.1, 0.15) is 0 Å². The highest BCUT2D eigenvalue weighted by Crippen LogP contribution is 2.24. The van der Waals surface area contributed by atoms with E-state index in [-0.39, 0.29) is 0 Å². The van der Waals surface area contributed by atoms with Crippen LogP contribution in [-0.2, 0) is 0 Å². The van der Waals surface area contributed by atoms with Crippen LogP contribution in [0.25, 0.3) is 34.1 Å². The molecule has 1 aliphatic rings. The predicted molar refractivity (Wildman–Crippen MR) is 70.0 cm³/mol. The Labute approximate surface area is 98.0 Å². The van der Waals surface area contributed by atoms with Crippen LogP contribution in [0, 0.1) is 0 Å². The molecule has 1 nitrogen and oxygen atoms in total. The van der Waals surface area contributed by atoms with E-state index in [0.717, 1.165) is 21.8 Å². The Hall–Kier alpha value is -2.37. The van der Waals surface area contributed by atoms with Crippen molar-refractivity contribution in [2.24, 2.45) is 0 Å². The molecule has 0 spiro atoms. The van der Waals surface area contributed by atoms with Crippen LogP contribution in [0.15, 0.2) is 53.0 Å². The number of rotatable bonds is 0. The average Bonchev–Trinajstić information content (AvgIpc) is 2.77. The molecule has 0 unspecified atom stereocenters. The molecule has 0 radical (unpaired) electrons. The van der Waals surface area contributed by atoms with Gasteiger partial charge in [0.05, 0.1) is 16.7 Å². The van der Waals surface area contributed by atoms with Gasteiger partial charge in [-0.25, -0.2) is 0 Å². The van der Waals surface area contributed by atoms with E-state index in [9.17, 15) is 0 Å². The molecule has 0 atom stereocenters. The van der Waals surface area contributed by atoms with Crippen molar-refractivity contribution >= 4 is 34.1 Å². The third-order valence-corrected chi connectivity index (χ3v) is 3.18. The molecule has 0 N–H and O–H groups in total. The smallest absolute Gasteiger partial charge is 0.179 e. The van der Waals surface area contributed by atoms with E-state index >= 15 is 0 Å². The summed E-state index contributed by atoms with van der Waals surface area (Å²) in [5.74, 6) is 0. The maximum absolute atomic E-state index is 5.84. The number of furan rings is 1. The van der Waals surface area contributed by atoms with Gasteiger partial charge in [0.15, 0.2) is 10.8 Å². The maximum Gasteiger partial charge on any atom is 0.179 e. The molecule has 1 heterocycles. The minimum absolute atomic E-state index is 0.932. The standard InChI is InChI=1S/C16H9O/c1-2-6-12-11(5-1)9-10-15-16(12)13-7-3-4-8-14(13)17-15/h1-5,7-10H/q+1. The SMILES string of the molecule is [C+]1=c2c(ccc3oc4ccccc4c23)=CC=C1. The quantitative estimate of drug-likeness (QED) is 0.527. The third kappa shape index (κ3) is 1.12. The Balaban J connectivity index is 2.40. The Kier molecular flexibility index (Phi) is 1.58. The number of para-hydroxylation sites is 1. The zero-order chi connectivity index (χ0) is 11.2. The second kappa shape index (κ2) is 3.07. The fourth-order valence-electron chi connectivity index (χ4n) is 2.41. The molecule has 1 aromatic heterocycles. The van der Waals surface area contributed by atoms with Crippen LogP contribution in [0.2, 0.25) is 0 Å². The van der Waals surface area contributed by atoms with E-state index in [1.807, 2.05) is 36.4 Å². The van der Waals surface area contributed by atoms with Gasteiger partial charge in [-0.15, -0.1) is 0 Å². The molecule has 0 amide bonds. The molecule has 0 saturated heterocycles. The molecule has 4 rings (SSSR count). The first kappa shape index (κ1) is 8.74. The molecule has 0 fully saturated rings. The lowest BCUT2D eigenvalue weighted by Crippen LogP contribution is -2.25. The zero-order valence-electron chi connectivity index (χ0n) is 9.10.